The summed E-state index contributed by atoms with van der Waals surface area (Å²) in [6.07, 6.45) is 22.3. The number of Topliss-reactive ketones (excluding diaryl/α,β-unsaturated/α-hetero) is 2. The molecule has 4 nitrogen and oxygen atoms in total. The Labute approximate surface area is 252 Å². The first-order valence-corrected chi connectivity index (χ1v) is 17.1. The van der Waals surface area contributed by atoms with Crippen molar-refractivity contribution in [3.05, 3.63) is 35.5 Å². The highest BCUT2D eigenvalue weighted by atomic mass is 16.1. The Balaban J connectivity index is 0.000000137. The molecule has 0 spiro atoms. The first-order chi connectivity index (χ1) is 19.9. The third-order valence-electron chi connectivity index (χ3n) is 14.9. The fourth-order valence-corrected chi connectivity index (χ4v) is 12.3. The molecule has 0 aromatic carbocycles. The SMILES string of the molecule is C[C@]12C=CC(=O)C=C1CC[C@@H]1[C@@H]2CC[C@]2(C)C(=O)CC[C@@H]12.C[C@]12CCC(=O)C=C1CC[C@@H]1[C@@H]2CC[C@]2(C)C(=O)CC[C@@H]12. The maximum atomic E-state index is 12.4. The minimum atomic E-state index is -0.0487. The number of carbonyl (C=O) groups excluding carboxylic acids is 4. The van der Waals surface area contributed by atoms with Crippen LogP contribution in [0.5, 0.6) is 0 Å². The van der Waals surface area contributed by atoms with Gasteiger partial charge >= 0.3 is 0 Å². The molecule has 6 fully saturated rings. The third kappa shape index (κ3) is 3.98. The van der Waals surface area contributed by atoms with E-state index in [2.05, 4.69) is 33.8 Å². The van der Waals surface area contributed by atoms with Gasteiger partial charge in [-0.1, -0.05) is 44.9 Å². The van der Waals surface area contributed by atoms with E-state index in [0.29, 0.717) is 52.9 Å². The molecular weight excluding hydrogens is 520 g/mol. The molecule has 0 amide bonds. The molecule has 0 aromatic rings. The Morgan fingerprint density at radius 1 is 0.548 bits per heavy atom. The van der Waals surface area contributed by atoms with Crippen molar-refractivity contribution in [2.45, 2.75) is 118 Å². The molecule has 0 aliphatic heterocycles. The molecule has 8 rings (SSSR count). The number of rotatable bonds is 0. The van der Waals surface area contributed by atoms with E-state index >= 15 is 0 Å². The van der Waals surface area contributed by atoms with Gasteiger partial charge in [0.2, 0.25) is 0 Å². The summed E-state index contributed by atoms with van der Waals surface area (Å²) >= 11 is 0. The number of allylic oxidation sites excluding steroid dienone is 5. The lowest BCUT2D eigenvalue weighted by Crippen LogP contribution is -2.50. The average molecular weight is 571 g/mol. The molecule has 0 bridgehead atoms. The molecule has 10 atom stereocenters. The largest absolute Gasteiger partial charge is 0.299 e. The van der Waals surface area contributed by atoms with Crippen LogP contribution in [0.15, 0.2) is 35.5 Å². The molecule has 0 aromatic heterocycles. The van der Waals surface area contributed by atoms with E-state index in [9.17, 15) is 19.2 Å². The summed E-state index contributed by atoms with van der Waals surface area (Å²) in [6, 6.07) is 0. The van der Waals surface area contributed by atoms with Crippen LogP contribution in [0.2, 0.25) is 0 Å². The highest BCUT2D eigenvalue weighted by Gasteiger charge is 2.60. The standard InChI is InChI=1S/C19H26O2.C19H24O2/c2*1-18-9-7-13(20)11-12(18)3-4-14-15-5-6-17(21)19(15,2)10-8-16(14)18/h11,14-16H,3-10H2,1-2H3;7,9,11,14-16H,3-6,8,10H2,1-2H3/t2*14-,15-,16-,18-,19-/m00/s1. The number of hydrogen-bond donors (Lipinski definition) is 0. The van der Waals surface area contributed by atoms with Gasteiger partial charge < -0.3 is 0 Å². The number of carbonyl (C=O) groups is 4. The number of fused-ring (bicyclic) bond motifs is 10. The van der Waals surface area contributed by atoms with Gasteiger partial charge in [0.15, 0.2) is 11.6 Å². The van der Waals surface area contributed by atoms with Crippen LogP contribution in [0.4, 0.5) is 0 Å². The van der Waals surface area contributed by atoms with Gasteiger partial charge in [-0.25, -0.2) is 0 Å². The maximum Gasteiger partial charge on any atom is 0.178 e. The molecule has 4 heteroatoms. The molecule has 226 valence electrons. The average Bonchev–Trinajstić information content (AvgIpc) is 3.44. The summed E-state index contributed by atoms with van der Waals surface area (Å²) in [7, 11) is 0. The van der Waals surface area contributed by atoms with Crippen LogP contribution >= 0.6 is 0 Å². The summed E-state index contributed by atoms with van der Waals surface area (Å²) in [5, 5.41) is 0. The van der Waals surface area contributed by atoms with E-state index in [-0.39, 0.29) is 27.4 Å². The fourth-order valence-electron chi connectivity index (χ4n) is 12.3. The predicted molar refractivity (Wildman–Crippen MR) is 163 cm³/mol. The predicted octanol–water partition coefficient (Wildman–Crippen LogP) is 7.95. The van der Waals surface area contributed by atoms with Crippen molar-refractivity contribution in [1.29, 1.82) is 0 Å². The van der Waals surface area contributed by atoms with Gasteiger partial charge in [0, 0.05) is 35.5 Å². The van der Waals surface area contributed by atoms with E-state index in [1.165, 1.54) is 30.4 Å². The zero-order chi connectivity index (χ0) is 29.7. The number of hydrogen-bond acceptors (Lipinski definition) is 4. The highest BCUT2D eigenvalue weighted by Crippen LogP contribution is 2.65. The number of ketones is 4. The van der Waals surface area contributed by atoms with Gasteiger partial charge in [-0.3, -0.25) is 19.2 Å². The monoisotopic (exact) mass is 570 g/mol. The minimum Gasteiger partial charge on any atom is -0.299 e. The molecular formula is C38H50O4. The molecule has 6 saturated carbocycles. The highest BCUT2D eigenvalue weighted by molar-refractivity contribution is 6.01. The van der Waals surface area contributed by atoms with Crippen molar-refractivity contribution in [1.82, 2.24) is 0 Å². The van der Waals surface area contributed by atoms with E-state index in [1.54, 1.807) is 6.08 Å². The molecule has 0 radical (unpaired) electrons. The second-order valence-corrected chi connectivity index (χ2v) is 16.4. The molecule has 0 saturated heterocycles. The summed E-state index contributed by atoms with van der Waals surface area (Å²) < 4.78 is 0. The van der Waals surface area contributed by atoms with Gasteiger partial charge in [-0.05, 0) is 130 Å². The smallest absolute Gasteiger partial charge is 0.178 e. The van der Waals surface area contributed by atoms with E-state index in [0.717, 1.165) is 70.6 Å². The summed E-state index contributed by atoms with van der Waals surface area (Å²) in [5.41, 5.74) is 2.99. The zero-order valence-electron chi connectivity index (χ0n) is 26.3. The van der Waals surface area contributed by atoms with Crippen molar-refractivity contribution >= 4 is 23.1 Å². The Bertz CT molecular complexity index is 1320. The van der Waals surface area contributed by atoms with Gasteiger partial charge in [0.05, 0.1) is 0 Å². The van der Waals surface area contributed by atoms with Gasteiger partial charge in [-0.2, -0.15) is 0 Å². The Morgan fingerprint density at radius 3 is 1.74 bits per heavy atom. The Hall–Kier alpha value is -2.10. The topological polar surface area (TPSA) is 68.3 Å². The van der Waals surface area contributed by atoms with E-state index in [4.69, 9.17) is 0 Å². The molecule has 0 heterocycles. The summed E-state index contributed by atoms with van der Waals surface area (Å²) in [6.45, 7) is 9.18. The summed E-state index contributed by atoms with van der Waals surface area (Å²) in [4.78, 5) is 48.2. The summed E-state index contributed by atoms with van der Waals surface area (Å²) in [5.74, 6) is 5.40. The van der Waals surface area contributed by atoms with Crippen LogP contribution in [-0.2, 0) is 19.2 Å². The Morgan fingerprint density at radius 2 is 1.10 bits per heavy atom. The molecule has 0 N–H and O–H groups in total. The molecule has 0 unspecified atom stereocenters. The van der Waals surface area contributed by atoms with Gasteiger partial charge in [0.1, 0.15) is 11.6 Å². The first-order valence-electron chi connectivity index (χ1n) is 17.1. The normalized spacial score (nSPS) is 48.9. The van der Waals surface area contributed by atoms with Crippen LogP contribution in [0, 0.1) is 57.2 Å². The van der Waals surface area contributed by atoms with E-state index in [1.807, 2.05) is 12.2 Å². The zero-order valence-corrected chi connectivity index (χ0v) is 26.3. The lowest BCUT2D eigenvalue weighted by molar-refractivity contribution is -0.133. The first kappa shape index (κ1) is 28.7. The molecule has 8 aliphatic carbocycles. The van der Waals surface area contributed by atoms with Crippen LogP contribution in [0.3, 0.4) is 0 Å². The van der Waals surface area contributed by atoms with Gasteiger partial charge in [0.25, 0.3) is 0 Å². The van der Waals surface area contributed by atoms with Crippen molar-refractivity contribution in [3.63, 3.8) is 0 Å². The van der Waals surface area contributed by atoms with Crippen LogP contribution in [0.25, 0.3) is 0 Å². The molecule has 42 heavy (non-hydrogen) atoms. The maximum absolute atomic E-state index is 12.4. The van der Waals surface area contributed by atoms with Crippen LogP contribution in [-0.4, -0.2) is 23.1 Å². The second kappa shape index (κ2) is 9.70. The molecule has 8 aliphatic rings. The Kier molecular flexibility index (Phi) is 6.62. The third-order valence-corrected chi connectivity index (χ3v) is 14.9. The van der Waals surface area contributed by atoms with E-state index < -0.39 is 0 Å². The van der Waals surface area contributed by atoms with Crippen molar-refractivity contribution < 1.29 is 19.2 Å². The fraction of sp³-hybridized carbons (Fsp3) is 0.737. The lowest BCUT2D eigenvalue weighted by atomic mass is 9.47. The lowest BCUT2D eigenvalue weighted by Gasteiger charge is -2.56. The van der Waals surface area contributed by atoms with Gasteiger partial charge in [-0.15, -0.1) is 0 Å². The van der Waals surface area contributed by atoms with Crippen molar-refractivity contribution in [3.8, 4) is 0 Å². The van der Waals surface area contributed by atoms with Crippen molar-refractivity contribution in [2.24, 2.45) is 57.2 Å². The minimum absolute atomic E-state index is 0.0246. The quantitative estimate of drug-likeness (QED) is 0.296. The van der Waals surface area contributed by atoms with Crippen molar-refractivity contribution in [2.75, 3.05) is 0 Å². The van der Waals surface area contributed by atoms with Crippen LogP contribution in [0.1, 0.15) is 118 Å². The van der Waals surface area contributed by atoms with Crippen LogP contribution < -0.4 is 0 Å². The second-order valence-electron chi connectivity index (χ2n) is 16.4.